The molecule has 0 aromatic heterocycles. The van der Waals surface area contributed by atoms with E-state index in [4.69, 9.17) is 10.8 Å². The molecule has 3 heteroatoms. The summed E-state index contributed by atoms with van der Waals surface area (Å²) in [6.07, 6.45) is 3.05. The van der Waals surface area contributed by atoms with Gasteiger partial charge in [0, 0.05) is 31.4 Å². The van der Waals surface area contributed by atoms with Crippen molar-refractivity contribution in [2.45, 2.75) is 25.3 Å². The van der Waals surface area contributed by atoms with E-state index in [2.05, 4.69) is 29.2 Å². The molecule has 1 fully saturated rings. The molecule has 1 heterocycles. The minimum Gasteiger partial charge on any atom is -0.396 e. The maximum Gasteiger partial charge on any atom is 0.0431 e. The molecule has 0 radical (unpaired) electrons. The van der Waals surface area contributed by atoms with Gasteiger partial charge < -0.3 is 15.7 Å². The summed E-state index contributed by atoms with van der Waals surface area (Å²) >= 11 is 0. The molecule has 2 atom stereocenters. The minimum absolute atomic E-state index is 0.257. The van der Waals surface area contributed by atoms with Crippen molar-refractivity contribution in [3.8, 4) is 0 Å². The Balaban J connectivity index is 1.98. The van der Waals surface area contributed by atoms with E-state index >= 15 is 0 Å². The van der Waals surface area contributed by atoms with E-state index in [9.17, 15) is 0 Å². The highest BCUT2D eigenvalue weighted by Crippen LogP contribution is 2.25. The molecule has 0 amide bonds. The van der Waals surface area contributed by atoms with Crippen molar-refractivity contribution >= 4 is 5.69 Å². The van der Waals surface area contributed by atoms with Gasteiger partial charge in [-0.25, -0.2) is 0 Å². The van der Waals surface area contributed by atoms with Crippen molar-refractivity contribution in [1.82, 2.24) is 0 Å². The molecule has 0 aliphatic carbocycles. The number of rotatable bonds is 4. The summed E-state index contributed by atoms with van der Waals surface area (Å²) in [5.41, 5.74) is 7.38. The predicted octanol–water partition coefficient (Wildman–Crippen LogP) is 1.61. The third-order valence-electron chi connectivity index (χ3n) is 3.46. The van der Waals surface area contributed by atoms with Crippen LogP contribution in [0.2, 0.25) is 0 Å². The molecule has 2 rings (SSSR count). The molecule has 1 aliphatic rings. The number of aliphatic hydroxyl groups excluding tert-OH is 1. The van der Waals surface area contributed by atoms with Crippen molar-refractivity contribution in [3.05, 3.63) is 30.3 Å². The van der Waals surface area contributed by atoms with Crippen LogP contribution in [-0.4, -0.2) is 30.8 Å². The molecule has 2 unspecified atom stereocenters. The average Bonchev–Trinajstić information content (AvgIpc) is 2.37. The Kier molecular flexibility index (Phi) is 4.40. The van der Waals surface area contributed by atoms with Crippen molar-refractivity contribution < 1.29 is 5.11 Å². The zero-order valence-corrected chi connectivity index (χ0v) is 10.3. The molecule has 3 nitrogen and oxygen atoms in total. The fraction of sp³-hybridized carbons (Fsp3) is 0.571. The molecular formula is C14H22N2O. The zero-order chi connectivity index (χ0) is 12.1. The minimum atomic E-state index is 0.257. The lowest BCUT2D eigenvalue weighted by Crippen LogP contribution is -2.47. The Morgan fingerprint density at radius 2 is 2.00 bits per heavy atom. The van der Waals surface area contributed by atoms with Gasteiger partial charge in [-0.3, -0.25) is 0 Å². The van der Waals surface area contributed by atoms with Gasteiger partial charge >= 0.3 is 0 Å². The lowest BCUT2D eigenvalue weighted by atomic mass is 9.90. The van der Waals surface area contributed by atoms with Gasteiger partial charge in [-0.15, -0.1) is 0 Å². The van der Waals surface area contributed by atoms with Gasteiger partial charge in [0.1, 0.15) is 0 Å². The summed E-state index contributed by atoms with van der Waals surface area (Å²) in [5, 5.41) is 8.90. The number of para-hydroxylation sites is 1. The van der Waals surface area contributed by atoms with Gasteiger partial charge in [0.25, 0.3) is 0 Å². The van der Waals surface area contributed by atoms with E-state index in [-0.39, 0.29) is 12.6 Å². The normalized spacial score (nSPS) is 24.9. The van der Waals surface area contributed by atoms with Crippen molar-refractivity contribution in [3.63, 3.8) is 0 Å². The number of hydrogen-bond donors (Lipinski definition) is 2. The van der Waals surface area contributed by atoms with E-state index in [1.54, 1.807) is 0 Å². The van der Waals surface area contributed by atoms with Crippen LogP contribution < -0.4 is 10.6 Å². The fourth-order valence-electron chi connectivity index (χ4n) is 2.69. The third kappa shape index (κ3) is 3.45. The number of nitrogens with two attached hydrogens (primary N) is 1. The summed E-state index contributed by atoms with van der Waals surface area (Å²) < 4.78 is 0. The summed E-state index contributed by atoms with van der Waals surface area (Å²) in [6.45, 7) is 2.30. The van der Waals surface area contributed by atoms with Crippen LogP contribution in [0.1, 0.15) is 19.3 Å². The topological polar surface area (TPSA) is 49.5 Å². The highest BCUT2D eigenvalue weighted by Gasteiger charge is 2.24. The number of hydrogen-bond acceptors (Lipinski definition) is 3. The van der Waals surface area contributed by atoms with Gasteiger partial charge in [-0.05, 0) is 37.3 Å². The van der Waals surface area contributed by atoms with Crippen molar-refractivity contribution in [1.29, 1.82) is 0 Å². The fourth-order valence-corrected chi connectivity index (χ4v) is 2.69. The number of aliphatic hydroxyl groups is 1. The summed E-state index contributed by atoms with van der Waals surface area (Å²) in [5.74, 6) is 0.617. The van der Waals surface area contributed by atoms with E-state index in [1.807, 2.05) is 6.07 Å². The monoisotopic (exact) mass is 234 g/mol. The Bertz CT molecular complexity index is 328. The van der Waals surface area contributed by atoms with Crippen LogP contribution in [0, 0.1) is 5.92 Å². The highest BCUT2D eigenvalue weighted by atomic mass is 16.2. The molecule has 0 bridgehead atoms. The number of anilines is 1. The van der Waals surface area contributed by atoms with Crippen LogP contribution in [0.15, 0.2) is 30.3 Å². The second-order valence-corrected chi connectivity index (χ2v) is 4.97. The van der Waals surface area contributed by atoms with Crippen LogP contribution in [0.5, 0.6) is 0 Å². The molecule has 1 aromatic carbocycles. The van der Waals surface area contributed by atoms with Crippen LogP contribution >= 0.6 is 0 Å². The Morgan fingerprint density at radius 1 is 1.24 bits per heavy atom. The first-order valence-electron chi connectivity index (χ1n) is 6.46. The lowest BCUT2D eigenvalue weighted by Gasteiger charge is -2.38. The highest BCUT2D eigenvalue weighted by molar-refractivity contribution is 5.46. The molecule has 94 valence electrons. The lowest BCUT2D eigenvalue weighted by molar-refractivity contribution is 0.259. The molecule has 1 aromatic rings. The quantitative estimate of drug-likeness (QED) is 0.832. The SMILES string of the molecule is NC1CC(CCCO)CN(c2ccccc2)C1. The maximum atomic E-state index is 8.90. The van der Waals surface area contributed by atoms with Gasteiger partial charge in [-0.2, -0.15) is 0 Å². The van der Waals surface area contributed by atoms with Crippen LogP contribution in [0.3, 0.4) is 0 Å². The maximum absolute atomic E-state index is 8.90. The number of benzene rings is 1. The third-order valence-corrected chi connectivity index (χ3v) is 3.46. The van der Waals surface area contributed by atoms with Crippen LogP contribution in [0.25, 0.3) is 0 Å². The standard InChI is InChI=1S/C14H22N2O/c15-13-9-12(5-4-8-17)10-16(11-13)14-6-2-1-3-7-14/h1-3,6-7,12-13,17H,4-5,8-11,15H2. The van der Waals surface area contributed by atoms with Crippen LogP contribution in [-0.2, 0) is 0 Å². The van der Waals surface area contributed by atoms with Crippen LogP contribution in [0.4, 0.5) is 5.69 Å². The average molecular weight is 234 g/mol. The second kappa shape index (κ2) is 6.03. The molecule has 17 heavy (non-hydrogen) atoms. The molecule has 0 saturated carbocycles. The first-order valence-corrected chi connectivity index (χ1v) is 6.46. The van der Waals surface area contributed by atoms with Gasteiger partial charge in [0.05, 0.1) is 0 Å². The molecule has 3 N–H and O–H groups in total. The molecule has 1 aliphatic heterocycles. The Hall–Kier alpha value is -1.06. The zero-order valence-electron chi connectivity index (χ0n) is 10.3. The van der Waals surface area contributed by atoms with Gasteiger partial charge in [-0.1, -0.05) is 18.2 Å². The second-order valence-electron chi connectivity index (χ2n) is 4.97. The predicted molar refractivity (Wildman–Crippen MR) is 71.1 cm³/mol. The Morgan fingerprint density at radius 3 is 2.71 bits per heavy atom. The Labute approximate surface area is 103 Å². The van der Waals surface area contributed by atoms with Crippen molar-refractivity contribution in [2.75, 3.05) is 24.6 Å². The first-order chi connectivity index (χ1) is 8.29. The van der Waals surface area contributed by atoms with Gasteiger partial charge in [0.15, 0.2) is 0 Å². The summed E-state index contributed by atoms with van der Waals surface area (Å²) in [6, 6.07) is 10.7. The molecular weight excluding hydrogens is 212 g/mol. The van der Waals surface area contributed by atoms with Gasteiger partial charge in [0.2, 0.25) is 0 Å². The first kappa shape index (κ1) is 12.4. The molecule has 1 saturated heterocycles. The largest absolute Gasteiger partial charge is 0.396 e. The van der Waals surface area contributed by atoms with Crippen molar-refractivity contribution in [2.24, 2.45) is 11.7 Å². The number of piperidine rings is 1. The summed E-state index contributed by atoms with van der Waals surface area (Å²) in [4.78, 5) is 2.37. The summed E-state index contributed by atoms with van der Waals surface area (Å²) in [7, 11) is 0. The smallest absolute Gasteiger partial charge is 0.0431 e. The molecule has 0 spiro atoms. The van der Waals surface area contributed by atoms with E-state index < -0.39 is 0 Å². The number of nitrogens with zero attached hydrogens (tertiary/aromatic N) is 1. The van der Waals surface area contributed by atoms with E-state index in [0.717, 1.165) is 32.4 Å². The van der Waals surface area contributed by atoms with E-state index in [1.165, 1.54) is 5.69 Å². The van der Waals surface area contributed by atoms with E-state index in [0.29, 0.717) is 5.92 Å².